The summed E-state index contributed by atoms with van der Waals surface area (Å²) in [4.78, 5) is 11.5. The highest BCUT2D eigenvalue weighted by Crippen LogP contribution is 2.43. The molecule has 1 rings (SSSR count). The number of hydrogen-bond donors (Lipinski definition) is 2. The van der Waals surface area contributed by atoms with Crippen LogP contribution in [-0.4, -0.2) is 24.5 Å². The Hall–Kier alpha value is -0.570. The number of amides is 1. The van der Waals surface area contributed by atoms with Gasteiger partial charge in [-0.3, -0.25) is 4.79 Å². The van der Waals surface area contributed by atoms with Gasteiger partial charge in [0, 0.05) is 25.0 Å². The van der Waals surface area contributed by atoms with Crippen molar-refractivity contribution in [2.24, 2.45) is 5.41 Å². The van der Waals surface area contributed by atoms with Crippen LogP contribution in [0, 0.1) is 5.41 Å². The Balaban J connectivity index is 2.03. The van der Waals surface area contributed by atoms with E-state index in [2.05, 4.69) is 38.3 Å². The van der Waals surface area contributed by atoms with Crippen molar-refractivity contribution in [1.82, 2.24) is 10.6 Å². The molecular weight excluding hydrogens is 188 g/mol. The average molecular weight is 212 g/mol. The number of rotatable bonds is 5. The van der Waals surface area contributed by atoms with Crippen molar-refractivity contribution >= 4 is 5.91 Å². The van der Waals surface area contributed by atoms with Crippen LogP contribution >= 0.6 is 0 Å². The Kier molecular flexibility index (Phi) is 3.77. The highest BCUT2D eigenvalue weighted by Gasteiger charge is 2.37. The topological polar surface area (TPSA) is 41.1 Å². The summed E-state index contributed by atoms with van der Waals surface area (Å²) < 4.78 is 0. The van der Waals surface area contributed by atoms with Crippen molar-refractivity contribution in [3.63, 3.8) is 0 Å². The summed E-state index contributed by atoms with van der Waals surface area (Å²) in [7, 11) is 0. The lowest BCUT2D eigenvalue weighted by molar-refractivity contribution is -0.121. The molecule has 0 saturated heterocycles. The average Bonchev–Trinajstić information content (AvgIpc) is 2.79. The van der Waals surface area contributed by atoms with E-state index in [0.717, 1.165) is 13.1 Å². The summed E-state index contributed by atoms with van der Waals surface area (Å²) >= 11 is 0. The minimum atomic E-state index is 0.1000. The third-order valence-electron chi connectivity index (χ3n) is 2.82. The Morgan fingerprint density at radius 1 is 1.33 bits per heavy atom. The normalized spacial score (nSPS) is 18.7. The van der Waals surface area contributed by atoms with Gasteiger partial charge in [0.15, 0.2) is 0 Å². The Morgan fingerprint density at radius 3 is 2.40 bits per heavy atom. The van der Waals surface area contributed by atoms with Crippen LogP contribution < -0.4 is 10.6 Å². The van der Waals surface area contributed by atoms with Gasteiger partial charge in [-0.15, -0.1) is 0 Å². The molecule has 1 saturated carbocycles. The Labute approximate surface area is 93.0 Å². The molecule has 88 valence electrons. The highest BCUT2D eigenvalue weighted by molar-refractivity contribution is 5.76. The van der Waals surface area contributed by atoms with Crippen LogP contribution in [0.5, 0.6) is 0 Å². The van der Waals surface area contributed by atoms with E-state index in [0.29, 0.717) is 11.8 Å². The molecule has 1 aliphatic rings. The van der Waals surface area contributed by atoms with Gasteiger partial charge < -0.3 is 10.6 Å². The van der Waals surface area contributed by atoms with E-state index < -0.39 is 0 Å². The van der Waals surface area contributed by atoms with Gasteiger partial charge in [0.25, 0.3) is 0 Å². The molecule has 0 spiro atoms. The molecule has 0 aromatic carbocycles. The molecule has 3 nitrogen and oxygen atoms in total. The van der Waals surface area contributed by atoms with E-state index in [1.807, 2.05) is 0 Å². The third kappa shape index (κ3) is 5.78. The smallest absolute Gasteiger partial charge is 0.221 e. The van der Waals surface area contributed by atoms with Crippen molar-refractivity contribution in [3.05, 3.63) is 0 Å². The molecule has 1 amide bonds. The van der Waals surface area contributed by atoms with Crippen molar-refractivity contribution < 1.29 is 4.79 Å². The Bertz CT molecular complexity index is 226. The molecule has 0 heterocycles. The summed E-state index contributed by atoms with van der Waals surface area (Å²) in [5.74, 6) is 0.167. The molecule has 0 radical (unpaired) electrons. The lowest BCUT2D eigenvalue weighted by Gasteiger charge is -2.20. The van der Waals surface area contributed by atoms with E-state index in [1.165, 1.54) is 12.8 Å². The zero-order chi connectivity index (χ0) is 11.5. The van der Waals surface area contributed by atoms with Crippen molar-refractivity contribution in [2.45, 2.75) is 52.5 Å². The second-order valence-electron chi connectivity index (χ2n) is 6.01. The first-order valence-electron chi connectivity index (χ1n) is 5.83. The minimum Gasteiger partial charge on any atom is -0.356 e. The van der Waals surface area contributed by atoms with Gasteiger partial charge in [0.05, 0.1) is 0 Å². The maximum Gasteiger partial charge on any atom is 0.221 e. The predicted molar refractivity (Wildman–Crippen MR) is 62.7 cm³/mol. The summed E-state index contributed by atoms with van der Waals surface area (Å²) in [6.45, 7) is 10.1. The lowest BCUT2D eigenvalue weighted by atomic mass is 10.1. The first kappa shape index (κ1) is 12.5. The molecule has 0 aromatic heterocycles. The largest absolute Gasteiger partial charge is 0.356 e. The molecule has 0 aliphatic heterocycles. The van der Waals surface area contributed by atoms with Crippen LogP contribution in [0.1, 0.15) is 47.0 Å². The maximum absolute atomic E-state index is 11.5. The molecule has 0 atom stereocenters. The van der Waals surface area contributed by atoms with Crippen molar-refractivity contribution in [2.75, 3.05) is 13.1 Å². The highest BCUT2D eigenvalue weighted by atomic mass is 16.1. The molecule has 1 fully saturated rings. The van der Waals surface area contributed by atoms with Crippen LogP contribution in [0.4, 0.5) is 0 Å². The monoisotopic (exact) mass is 212 g/mol. The predicted octanol–water partition coefficient (Wildman–Crippen LogP) is 1.68. The fraction of sp³-hybridized carbons (Fsp3) is 0.917. The fourth-order valence-electron chi connectivity index (χ4n) is 1.34. The number of carbonyl (C=O) groups is 1. The SMILES string of the molecule is CC1(CNC(=O)CCNC(C)(C)C)CC1. The molecule has 0 aromatic rings. The van der Waals surface area contributed by atoms with Crippen LogP contribution in [0.25, 0.3) is 0 Å². The summed E-state index contributed by atoms with van der Waals surface area (Å²) in [6, 6.07) is 0. The van der Waals surface area contributed by atoms with Crippen LogP contribution in [0.2, 0.25) is 0 Å². The quantitative estimate of drug-likeness (QED) is 0.728. The van der Waals surface area contributed by atoms with Crippen molar-refractivity contribution in [3.8, 4) is 0 Å². The minimum absolute atomic E-state index is 0.1000. The second-order valence-corrected chi connectivity index (χ2v) is 6.01. The van der Waals surface area contributed by atoms with Gasteiger partial charge in [-0.2, -0.15) is 0 Å². The second kappa shape index (κ2) is 4.52. The van der Waals surface area contributed by atoms with E-state index in [4.69, 9.17) is 0 Å². The fourth-order valence-corrected chi connectivity index (χ4v) is 1.34. The van der Waals surface area contributed by atoms with Crippen molar-refractivity contribution in [1.29, 1.82) is 0 Å². The number of hydrogen-bond acceptors (Lipinski definition) is 2. The van der Waals surface area contributed by atoms with Gasteiger partial charge in [-0.05, 0) is 39.0 Å². The van der Waals surface area contributed by atoms with Gasteiger partial charge in [-0.1, -0.05) is 6.92 Å². The zero-order valence-electron chi connectivity index (χ0n) is 10.4. The molecule has 15 heavy (non-hydrogen) atoms. The van der Waals surface area contributed by atoms with Crippen LogP contribution in [0.3, 0.4) is 0 Å². The molecule has 2 N–H and O–H groups in total. The standard InChI is InChI=1S/C12H24N2O/c1-11(2,3)14-8-5-10(15)13-9-12(4)6-7-12/h14H,5-9H2,1-4H3,(H,13,15). The lowest BCUT2D eigenvalue weighted by Crippen LogP contribution is -2.39. The van der Waals surface area contributed by atoms with E-state index in [1.54, 1.807) is 0 Å². The molecular formula is C12H24N2O. The third-order valence-corrected chi connectivity index (χ3v) is 2.82. The molecule has 1 aliphatic carbocycles. The first-order chi connectivity index (χ1) is 6.81. The zero-order valence-corrected chi connectivity index (χ0v) is 10.4. The molecule has 3 heteroatoms. The van der Waals surface area contributed by atoms with Gasteiger partial charge in [0.2, 0.25) is 5.91 Å². The van der Waals surface area contributed by atoms with E-state index in [9.17, 15) is 4.79 Å². The maximum atomic E-state index is 11.5. The van der Waals surface area contributed by atoms with E-state index >= 15 is 0 Å². The Morgan fingerprint density at radius 2 is 1.93 bits per heavy atom. The number of nitrogens with one attached hydrogen (secondary N) is 2. The van der Waals surface area contributed by atoms with Gasteiger partial charge >= 0.3 is 0 Å². The van der Waals surface area contributed by atoms with Gasteiger partial charge in [-0.25, -0.2) is 0 Å². The van der Waals surface area contributed by atoms with Crippen LogP contribution in [0.15, 0.2) is 0 Å². The molecule has 0 unspecified atom stereocenters. The van der Waals surface area contributed by atoms with Gasteiger partial charge in [0.1, 0.15) is 0 Å². The number of carbonyl (C=O) groups excluding carboxylic acids is 1. The van der Waals surface area contributed by atoms with Crippen LogP contribution in [-0.2, 0) is 4.79 Å². The van der Waals surface area contributed by atoms with E-state index in [-0.39, 0.29) is 11.4 Å². The summed E-state index contributed by atoms with van der Waals surface area (Å²) in [5, 5.41) is 6.30. The summed E-state index contributed by atoms with van der Waals surface area (Å²) in [6.07, 6.45) is 3.09. The molecule has 0 bridgehead atoms. The summed E-state index contributed by atoms with van der Waals surface area (Å²) in [5.41, 5.74) is 0.510. The first-order valence-corrected chi connectivity index (χ1v) is 5.83.